The fraction of sp³-hybridized carbons (Fsp3) is 0.190. The van der Waals surface area contributed by atoms with E-state index in [2.05, 4.69) is 60.8 Å². The molecular formula is C21H21NOS. The van der Waals surface area contributed by atoms with E-state index in [-0.39, 0.29) is 5.91 Å². The van der Waals surface area contributed by atoms with Crippen LogP contribution in [0.1, 0.15) is 16.7 Å². The standard InChI is InChI=1S/C21H21NOS/c1-16-6-4-7-17(12-16)14-24-15-21(23)22-13-19-10-5-9-18-8-2-3-11-20(18)19/h2-12H,13-15H2,1H3,(H,22,23). The van der Waals surface area contributed by atoms with Gasteiger partial charge in [0.25, 0.3) is 0 Å². The number of hydrogen-bond acceptors (Lipinski definition) is 2. The van der Waals surface area contributed by atoms with Crippen LogP contribution < -0.4 is 5.32 Å². The van der Waals surface area contributed by atoms with Gasteiger partial charge in [-0.05, 0) is 28.8 Å². The first-order valence-electron chi connectivity index (χ1n) is 8.09. The number of benzene rings is 3. The molecule has 1 N–H and O–H groups in total. The van der Waals surface area contributed by atoms with Gasteiger partial charge in [0.1, 0.15) is 0 Å². The molecule has 0 saturated carbocycles. The topological polar surface area (TPSA) is 29.1 Å². The van der Waals surface area contributed by atoms with Crippen LogP contribution in [0.4, 0.5) is 0 Å². The van der Waals surface area contributed by atoms with E-state index in [0.717, 1.165) is 11.3 Å². The molecule has 0 unspecified atom stereocenters. The Bertz CT molecular complexity index is 839. The molecule has 3 heteroatoms. The lowest BCUT2D eigenvalue weighted by Gasteiger charge is -2.08. The zero-order chi connectivity index (χ0) is 16.8. The molecule has 0 bridgehead atoms. The number of carbonyl (C=O) groups excluding carboxylic acids is 1. The first-order chi connectivity index (χ1) is 11.7. The van der Waals surface area contributed by atoms with Gasteiger partial charge in [0.2, 0.25) is 5.91 Å². The molecule has 122 valence electrons. The van der Waals surface area contributed by atoms with Gasteiger partial charge in [-0.2, -0.15) is 0 Å². The van der Waals surface area contributed by atoms with Crippen LogP contribution in [0, 0.1) is 6.92 Å². The molecule has 3 rings (SSSR count). The lowest BCUT2D eigenvalue weighted by molar-refractivity contribution is -0.118. The lowest BCUT2D eigenvalue weighted by Crippen LogP contribution is -2.24. The van der Waals surface area contributed by atoms with Crippen molar-refractivity contribution in [3.8, 4) is 0 Å². The van der Waals surface area contributed by atoms with E-state index >= 15 is 0 Å². The van der Waals surface area contributed by atoms with E-state index in [4.69, 9.17) is 0 Å². The minimum absolute atomic E-state index is 0.0839. The Morgan fingerprint density at radius 3 is 2.67 bits per heavy atom. The van der Waals surface area contributed by atoms with Crippen LogP contribution in [-0.2, 0) is 17.1 Å². The second-order valence-corrected chi connectivity index (χ2v) is 6.88. The van der Waals surface area contributed by atoms with Gasteiger partial charge < -0.3 is 5.32 Å². The Morgan fingerprint density at radius 1 is 1.00 bits per heavy atom. The fourth-order valence-corrected chi connectivity index (χ4v) is 3.56. The zero-order valence-electron chi connectivity index (χ0n) is 13.8. The van der Waals surface area contributed by atoms with Crippen LogP contribution in [0.5, 0.6) is 0 Å². The molecule has 0 spiro atoms. The summed E-state index contributed by atoms with van der Waals surface area (Å²) in [6, 6.07) is 22.9. The summed E-state index contributed by atoms with van der Waals surface area (Å²) in [5, 5.41) is 5.44. The van der Waals surface area contributed by atoms with Gasteiger partial charge in [0, 0.05) is 12.3 Å². The molecule has 0 aromatic heterocycles. The Kier molecular flexibility index (Phi) is 5.55. The van der Waals surface area contributed by atoms with E-state index in [0.29, 0.717) is 12.3 Å². The highest BCUT2D eigenvalue weighted by atomic mass is 32.2. The molecule has 0 radical (unpaired) electrons. The zero-order valence-corrected chi connectivity index (χ0v) is 14.6. The average molecular weight is 335 g/mol. The third kappa shape index (κ3) is 4.39. The third-order valence-electron chi connectivity index (χ3n) is 3.94. The Morgan fingerprint density at radius 2 is 1.79 bits per heavy atom. The Hall–Kier alpha value is -2.26. The first-order valence-corrected chi connectivity index (χ1v) is 9.24. The second kappa shape index (κ2) is 8.02. The first kappa shape index (κ1) is 16.6. The summed E-state index contributed by atoms with van der Waals surface area (Å²) in [5.41, 5.74) is 3.68. The van der Waals surface area contributed by atoms with Gasteiger partial charge in [-0.25, -0.2) is 0 Å². The van der Waals surface area contributed by atoms with Crippen molar-refractivity contribution in [2.45, 2.75) is 19.2 Å². The van der Waals surface area contributed by atoms with Gasteiger partial charge in [-0.3, -0.25) is 4.79 Å². The van der Waals surface area contributed by atoms with Crippen LogP contribution in [-0.4, -0.2) is 11.7 Å². The van der Waals surface area contributed by atoms with Crippen molar-refractivity contribution in [3.05, 3.63) is 83.4 Å². The van der Waals surface area contributed by atoms with Crippen LogP contribution in [0.3, 0.4) is 0 Å². The van der Waals surface area contributed by atoms with Crippen molar-refractivity contribution >= 4 is 28.4 Å². The third-order valence-corrected chi connectivity index (χ3v) is 4.94. The van der Waals surface area contributed by atoms with Crippen LogP contribution >= 0.6 is 11.8 Å². The van der Waals surface area contributed by atoms with Gasteiger partial charge in [-0.15, -0.1) is 11.8 Å². The normalized spacial score (nSPS) is 10.7. The SMILES string of the molecule is Cc1cccc(CSCC(=O)NCc2cccc3ccccc23)c1. The predicted molar refractivity (Wildman–Crippen MR) is 103 cm³/mol. The highest BCUT2D eigenvalue weighted by Gasteiger charge is 2.05. The smallest absolute Gasteiger partial charge is 0.230 e. The van der Waals surface area contributed by atoms with E-state index in [1.807, 2.05) is 18.2 Å². The number of hydrogen-bond donors (Lipinski definition) is 1. The van der Waals surface area contributed by atoms with Gasteiger partial charge in [-0.1, -0.05) is 72.3 Å². The molecule has 0 aliphatic heterocycles. The monoisotopic (exact) mass is 335 g/mol. The van der Waals surface area contributed by atoms with Gasteiger partial charge in [0.15, 0.2) is 0 Å². The van der Waals surface area contributed by atoms with E-state index in [1.165, 1.54) is 21.9 Å². The van der Waals surface area contributed by atoms with Gasteiger partial charge in [0.05, 0.1) is 5.75 Å². The van der Waals surface area contributed by atoms with Gasteiger partial charge >= 0.3 is 0 Å². The molecule has 1 amide bonds. The number of nitrogens with one attached hydrogen (secondary N) is 1. The van der Waals surface area contributed by atoms with Crippen molar-refractivity contribution in [1.82, 2.24) is 5.32 Å². The predicted octanol–water partition coefficient (Wildman–Crippen LogP) is 4.70. The van der Waals surface area contributed by atoms with E-state index < -0.39 is 0 Å². The van der Waals surface area contributed by atoms with Crippen LogP contribution in [0.2, 0.25) is 0 Å². The second-order valence-electron chi connectivity index (χ2n) is 5.90. The number of thioether (sulfide) groups is 1. The number of fused-ring (bicyclic) bond motifs is 1. The van der Waals surface area contributed by atoms with E-state index in [9.17, 15) is 4.79 Å². The number of aryl methyl sites for hydroxylation is 1. The quantitative estimate of drug-likeness (QED) is 0.707. The van der Waals surface area contributed by atoms with Crippen molar-refractivity contribution in [2.24, 2.45) is 0 Å². The molecule has 24 heavy (non-hydrogen) atoms. The summed E-state index contributed by atoms with van der Waals surface area (Å²) in [6.45, 7) is 2.66. The molecule has 0 atom stereocenters. The molecule has 0 aliphatic carbocycles. The highest BCUT2D eigenvalue weighted by molar-refractivity contribution is 7.99. The van der Waals surface area contributed by atoms with Crippen molar-refractivity contribution in [3.63, 3.8) is 0 Å². The average Bonchev–Trinajstić information content (AvgIpc) is 2.60. The molecule has 0 fully saturated rings. The molecule has 0 heterocycles. The number of carbonyl (C=O) groups is 1. The summed E-state index contributed by atoms with van der Waals surface area (Å²) in [4.78, 5) is 12.1. The molecule has 0 aliphatic rings. The van der Waals surface area contributed by atoms with Crippen LogP contribution in [0.15, 0.2) is 66.7 Å². The molecular weight excluding hydrogens is 314 g/mol. The minimum Gasteiger partial charge on any atom is -0.351 e. The van der Waals surface area contributed by atoms with Crippen molar-refractivity contribution < 1.29 is 4.79 Å². The maximum absolute atomic E-state index is 12.1. The highest BCUT2D eigenvalue weighted by Crippen LogP contribution is 2.18. The Balaban J connectivity index is 1.50. The Labute approximate surface area is 147 Å². The number of amides is 1. The summed E-state index contributed by atoms with van der Waals surface area (Å²) < 4.78 is 0. The summed E-state index contributed by atoms with van der Waals surface area (Å²) in [5.74, 6) is 1.43. The molecule has 3 aromatic carbocycles. The number of rotatable bonds is 6. The fourth-order valence-electron chi connectivity index (χ4n) is 2.75. The summed E-state index contributed by atoms with van der Waals surface area (Å²) in [7, 11) is 0. The molecule has 0 saturated heterocycles. The maximum atomic E-state index is 12.1. The lowest BCUT2D eigenvalue weighted by atomic mass is 10.0. The molecule has 2 nitrogen and oxygen atoms in total. The summed E-state index contributed by atoms with van der Waals surface area (Å²) >= 11 is 1.65. The van der Waals surface area contributed by atoms with Crippen LogP contribution in [0.25, 0.3) is 10.8 Å². The minimum atomic E-state index is 0.0839. The summed E-state index contributed by atoms with van der Waals surface area (Å²) in [6.07, 6.45) is 0. The van der Waals surface area contributed by atoms with Crippen molar-refractivity contribution in [1.29, 1.82) is 0 Å². The van der Waals surface area contributed by atoms with Crippen molar-refractivity contribution in [2.75, 3.05) is 5.75 Å². The largest absolute Gasteiger partial charge is 0.351 e. The van der Waals surface area contributed by atoms with E-state index in [1.54, 1.807) is 11.8 Å². The molecule has 3 aromatic rings. The maximum Gasteiger partial charge on any atom is 0.230 e.